The average molecular weight is 280 g/mol. The fraction of sp³-hybridized carbons (Fsp3) is 0.625. The second-order valence-electron chi connectivity index (χ2n) is 5.90. The van der Waals surface area contributed by atoms with Crippen molar-refractivity contribution in [1.82, 2.24) is 0 Å². The maximum atomic E-state index is 14.1. The van der Waals surface area contributed by atoms with Crippen LogP contribution in [-0.4, -0.2) is 31.8 Å². The van der Waals surface area contributed by atoms with E-state index in [2.05, 4.69) is 12.2 Å². The van der Waals surface area contributed by atoms with E-state index in [0.29, 0.717) is 11.8 Å². The minimum Gasteiger partial charge on any atom is -0.382 e. The zero-order valence-electron chi connectivity index (χ0n) is 12.8. The first-order chi connectivity index (χ1) is 9.47. The van der Waals surface area contributed by atoms with Crippen LogP contribution in [0.25, 0.3) is 0 Å². The molecule has 2 unspecified atom stereocenters. The number of nitrogens with one attached hydrogen (secondary N) is 1. The molecule has 1 saturated heterocycles. The van der Waals surface area contributed by atoms with Crippen LogP contribution in [-0.2, 0) is 4.74 Å². The molecule has 4 heteroatoms. The lowest BCUT2D eigenvalue weighted by molar-refractivity contribution is 0.0637. The lowest BCUT2D eigenvalue weighted by atomic mass is 10.2. The summed E-state index contributed by atoms with van der Waals surface area (Å²) in [6, 6.07) is 5.59. The first-order valence-corrected chi connectivity index (χ1v) is 7.39. The van der Waals surface area contributed by atoms with Crippen LogP contribution in [0.5, 0.6) is 0 Å². The maximum absolute atomic E-state index is 14.1. The highest BCUT2D eigenvalue weighted by molar-refractivity contribution is 5.56. The van der Waals surface area contributed by atoms with Crippen LogP contribution in [0.3, 0.4) is 0 Å². The second-order valence-corrected chi connectivity index (χ2v) is 5.90. The van der Waals surface area contributed by atoms with Crippen molar-refractivity contribution in [2.24, 2.45) is 0 Å². The number of nitrogens with zero attached hydrogens (tertiary/aromatic N) is 1. The standard InChI is InChI=1S/C16H25FN2O/c1-11(2)19(4)16-8-6-13(9-15(16)17)18-10-14-7-5-12(3)20-14/h6,8-9,11-12,14,18H,5,7,10H2,1-4H3. The van der Waals surface area contributed by atoms with Crippen molar-refractivity contribution in [3.8, 4) is 0 Å². The van der Waals surface area contributed by atoms with Crippen molar-refractivity contribution in [3.63, 3.8) is 0 Å². The molecule has 112 valence electrons. The molecule has 0 aromatic heterocycles. The predicted octanol–water partition coefficient (Wildman–Crippen LogP) is 3.65. The fourth-order valence-electron chi connectivity index (χ4n) is 2.45. The summed E-state index contributed by atoms with van der Waals surface area (Å²) in [6.45, 7) is 6.92. The first-order valence-electron chi connectivity index (χ1n) is 7.39. The molecule has 0 aliphatic carbocycles. The van der Waals surface area contributed by atoms with Gasteiger partial charge in [0, 0.05) is 25.3 Å². The van der Waals surface area contributed by atoms with Crippen LogP contribution < -0.4 is 10.2 Å². The van der Waals surface area contributed by atoms with Crippen LogP contribution in [0.15, 0.2) is 18.2 Å². The van der Waals surface area contributed by atoms with E-state index in [9.17, 15) is 4.39 Å². The quantitative estimate of drug-likeness (QED) is 0.891. The number of rotatable bonds is 5. The van der Waals surface area contributed by atoms with Crippen LogP contribution in [0.2, 0.25) is 0 Å². The molecule has 1 aromatic rings. The zero-order chi connectivity index (χ0) is 14.7. The third kappa shape index (κ3) is 3.63. The molecular weight excluding hydrogens is 255 g/mol. The third-order valence-electron chi connectivity index (χ3n) is 3.96. The Hall–Kier alpha value is -1.29. The predicted molar refractivity (Wildman–Crippen MR) is 82.0 cm³/mol. The topological polar surface area (TPSA) is 24.5 Å². The van der Waals surface area contributed by atoms with E-state index in [1.54, 1.807) is 6.07 Å². The number of hydrogen-bond acceptors (Lipinski definition) is 3. The van der Waals surface area contributed by atoms with Gasteiger partial charge in [-0.2, -0.15) is 0 Å². The highest BCUT2D eigenvalue weighted by Gasteiger charge is 2.21. The maximum Gasteiger partial charge on any atom is 0.148 e. The van der Waals surface area contributed by atoms with Crippen LogP contribution >= 0.6 is 0 Å². The number of halogens is 1. The summed E-state index contributed by atoms with van der Waals surface area (Å²) < 4.78 is 19.9. The smallest absolute Gasteiger partial charge is 0.148 e. The van der Waals surface area contributed by atoms with E-state index in [1.165, 1.54) is 0 Å². The van der Waals surface area contributed by atoms with E-state index >= 15 is 0 Å². The summed E-state index contributed by atoms with van der Waals surface area (Å²) in [7, 11) is 1.91. The summed E-state index contributed by atoms with van der Waals surface area (Å²) in [4.78, 5) is 1.93. The molecule has 0 amide bonds. The summed E-state index contributed by atoms with van der Waals surface area (Å²) in [5, 5.41) is 3.26. The Labute approximate surface area is 121 Å². The Balaban J connectivity index is 1.95. The molecule has 1 N–H and O–H groups in total. The molecule has 1 aliphatic rings. The molecule has 3 nitrogen and oxygen atoms in total. The van der Waals surface area contributed by atoms with E-state index < -0.39 is 0 Å². The van der Waals surface area contributed by atoms with Gasteiger partial charge in [0.1, 0.15) is 5.82 Å². The molecule has 1 aromatic carbocycles. The van der Waals surface area contributed by atoms with Crippen LogP contribution in [0.4, 0.5) is 15.8 Å². The Morgan fingerprint density at radius 3 is 2.70 bits per heavy atom. The molecule has 0 spiro atoms. The second kappa shape index (κ2) is 6.44. The number of anilines is 2. The summed E-state index contributed by atoms with van der Waals surface area (Å²) in [5.74, 6) is -0.188. The lowest BCUT2D eigenvalue weighted by Gasteiger charge is -2.24. The monoisotopic (exact) mass is 280 g/mol. The van der Waals surface area contributed by atoms with Crippen molar-refractivity contribution < 1.29 is 9.13 Å². The van der Waals surface area contributed by atoms with Gasteiger partial charge in [0.05, 0.1) is 17.9 Å². The van der Waals surface area contributed by atoms with E-state index in [4.69, 9.17) is 4.74 Å². The molecule has 20 heavy (non-hydrogen) atoms. The Morgan fingerprint density at radius 1 is 1.40 bits per heavy atom. The van der Waals surface area contributed by atoms with Gasteiger partial charge in [-0.25, -0.2) is 4.39 Å². The molecule has 0 saturated carbocycles. The molecule has 0 radical (unpaired) electrons. The van der Waals surface area contributed by atoms with Crippen molar-refractivity contribution >= 4 is 11.4 Å². The Bertz CT molecular complexity index is 450. The van der Waals surface area contributed by atoms with Gasteiger partial charge in [-0.3, -0.25) is 0 Å². The van der Waals surface area contributed by atoms with Crippen LogP contribution in [0.1, 0.15) is 33.6 Å². The van der Waals surface area contributed by atoms with Gasteiger partial charge in [0.15, 0.2) is 0 Å². The van der Waals surface area contributed by atoms with Gasteiger partial charge >= 0.3 is 0 Å². The molecule has 1 fully saturated rings. The molecule has 2 atom stereocenters. The van der Waals surface area contributed by atoms with Gasteiger partial charge in [0.25, 0.3) is 0 Å². The largest absolute Gasteiger partial charge is 0.382 e. The van der Waals surface area contributed by atoms with Gasteiger partial charge in [-0.15, -0.1) is 0 Å². The molecule has 1 heterocycles. The van der Waals surface area contributed by atoms with Gasteiger partial charge < -0.3 is 15.0 Å². The summed E-state index contributed by atoms with van der Waals surface area (Å²) in [6.07, 6.45) is 2.77. The van der Waals surface area contributed by atoms with Crippen molar-refractivity contribution in [3.05, 3.63) is 24.0 Å². The molecule has 0 bridgehead atoms. The molecular formula is C16H25FN2O. The lowest BCUT2D eigenvalue weighted by Crippen LogP contribution is -2.26. The number of hydrogen-bond donors (Lipinski definition) is 1. The van der Waals surface area contributed by atoms with Crippen molar-refractivity contribution in [2.45, 2.75) is 51.9 Å². The van der Waals surface area contributed by atoms with Crippen molar-refractivity contribution in [1.29, 1.82) is 0 Å². The van der Waals surface area contributed by atoms with Crippen molar-refractivity contribution in [2.75, 3.05) is 23.8 Å². The van der Waals surface area contributed by atoms with Crippen LogP contribution in [0, 0.1) is 5.82 Å². The van der Waals surface area contributed by atoms with E-state index in [1.807, 2.05) is 37.9 Å². The number of benzene rings is 1. The zero-order valence-corrected chi connectivity index (χ0v) is 12.8. The molecule has 1 aliphatic heterocycles. The Morgan fingerprint density at radius 2 is 2.15 bits per heavy atom. The third-order valence-corrected chi connectivity index (χ3v) is 3.96. The minimum atomic E-state index is -0.188. The first kappa shape index (κ1) is 15.1. The Kier molecular flexibility index (Phi) is 4.86. The van der Waals surface area contributed by atoms with Gasteiger partial charge in [0.2, 0.25) is 0 Å². The number of ether oxygens (including phenoxy) is 1. The minimum absolute atomic E-state index is 0.188. The highest BCUT2D eigenvalue weighted by atomic mass is 19.1. The van der Waals surface area contributed by atoms with E-state index in [0.717, 1.165) is 25.1 Å². The summed E-state index contributed by atoms with van der Waals surface area (Å²) in [5.41, 5.74) is 1.45. The SMILES string of the molecule is CC1CCC(CNc2ccc(N(C)C(C)C)c(F)c2)O1. The fourth-order valence-corrected chi connectivity index (χ4v) is 2.45. The molecule has 2 rings (SSSR count). The normalized spacial score (nSPS) is 22.3. The summed E-state index contributed by atoms with van der Waals surface area (Å²) >= 11 is 0. The van der Waals surface area contributed by atoms with E-state index in [-0.39, 0.29) is 18.0 Å². The van der Waals surface area contributed by atoms with Gasteiger partial charge in [-0.05, 0) is 51.8 Å². The van der Waals surface area contributed by atoms with Gasteiger partial charge in [-0.1, -0.05) is 0 Å². The average Bonchev–Trinajstić information content (AvgIpc) is 2.81. The highest BCUT2D eigenvalue weighted by Crippen LogP contribution is 2.24.